The molecule has 1 atom stereocenters. The number of hydrogen-bond acceptors (Lipinski definition) is 2. The predicted octanol–water partition coefficient (Wildman–Crippen LogP) is 2.50. The number of hydrogen-bond donors (Lipinski definition) is 2. The fourth-order valence-electron chi connectivity index (χ4n) is 1.41. The van der Waals surface area contributed by atoms with Crippen molar-refractivity contribution in [3.8, 4) is 0 Å². The van der Waals surface area contributed by atoms with Gasteiger partial charge in [0.2, 0.25) is 0 Å². The maximum atomic E-state index is 10.7. The fraction of sp³-hybridized carbons (Fsp3) is 0.417. The lowest BCUT2D eigenvalue weighted by molar-refractivity contribution is -0.137. The highest BCUT2D eigenvalue weighted by atomic mass is 16.4. The third-order valence-corrected chi connectivity index (χ3v) is 2.80. The molecule has 82 valence electrons. The van der Waals surface area contributed by atoms with E-state index in [1.165, 1.54) is 11.1 Å². The van der Waals surface area contributed by atoms with E-state index < -0.39 is 12.0 Å². The van der Waals surface area contributed by atoms with Crippen LogP contribution in [0.2, 0.25) is 0 Å². The molecule has 0 aliphatic heterocycles. The second kappa shape index (κ2) is 4.34. The van der Waals surface area contributed by atoms with Crippen LogP contribution in [0.1, 0.15) is 23.6 Å². The summed E-state index contributed by atoms with van der Waals surface area (Å²) in [5, 5.41) is 11.8. The van der Waals surface area contributed by atoms with Crippen molar-refractivity contribution in [1.29, 1.82) is 0 Å². The highest BCUT2D eigenvalue weighted by molar-refractivity contribution is 5.77. The maximum Gasteiger partial charge on any atom is 0.325 e. The van der Waals surface area contributed by atoms with E-state index in [0.29, 0.717) is 0 Å². The number of rotatable bonds is 3. The highest BCUT2D eigenvalue weighted by Gasteiger charge is 2.12. The number of carboxylic acid groups (broad SMARTS) is 1. The van der Waals surface area contributed by atoms with E-state index in [2.05, 4.69) is 5.32 Å². The Bertz CT molecular complexity index is 385. The summed E-state index contributed by atoms with van der Waals surface area (Å²) >= 11 is 0. The van der Waals surface area contributed by atoms with Crippen molar-refractivity contribution >= 4 is 11.7 Å². The molecule has 0 aliphatic carbocycles. The lowest BCUT2D eigenvalue weighted by Crippen LogP contribution is -2.25. The summed E-state index contributed by atoms with van der Waals surface area (Å²) in [6.45, 7) is 7.73. The molecule has 0 aromatic heterocycles. The van der Waals surface area contributed by atoms with E-state index in [1.807, 2.05) is 32.9 Å². The normalized spacial score (nSPS) is 12.3. The van der Waals surface area contributed by atoms with E-state index in [-0.39, 0.29) is 0 Å². The van der Waals surface area contributed by atoms with Gasteiger partial charge in [0.1, 0.15) is 6.04 Å². The van der Waals surface area contributed by atoms with Crippen molar-refractivity contribution in [1.82, 2.24) is 0 Å². The quantitative estimate of drug-likeness (QED) is 0.800. The standard InChI is InChI=1S/C12H17NO2/c1-7-5-6-11(9(3)8(7)2)13-10(4)12(14)15/h5-6,10,13H,1-4H3,(H,14,15)/t10-/m1/s1. The lowest BCUT2D eigenvalue weighted by atomic mass is 10.0. The number of nitrogens with one attached hydrogen (secondary N) is 1. The first-order valence-corrected chi connectivity index (χ1v) is 4.99. The molecule has 1 rings (SSSR count). The van der Waals surface area contributed by atoms with Crippen LogP contribution < -0.4 is 5.32 Å². The van der Waals surface area contributed by atoms with Gasteiger partial charge in [-0.3, -0.25) is 4.79 Å². The minimum atomic E-state index is -0.840. The average Bonchev–Trinajstić information content (AvgIpc) is 2.18. The molecule has 1 aromatic carbocycles. The van der Waals surface area contributed by atoms with Crippen LogP contribution >= 0.6 is 0 Å². The topological polar surface area (TPSA) is 49.3 Å². The third kappa shape index (κ3) is 2.49. The third-order valence-electron chi connectivity index (χ3n) is 2.80. The minimum absolute atomic E-state index is 0.564. The Labute approximate surface area is 90.1 Å². The van der Waals surface area contributed by atoms with Crippen LogP contribution in [0.4, 0.5) is 5.69 Å². The number of carboxylic acids is 1. The van der Waals surface area contributed by atoms with Crippen LogP contribution in [-0.4, -0.2) is 17.1 Å². The Kier molecular flexibility index (Phi) is 3.35. The van der Waals surface area contributed by atoms with E-state index in [9.17, 15) is 4.79 Å². The van der Waals surface area contributed by atoms with E-state index in [1.54, 1.807) is 6.92 Å². The number of aryl methyl sites for hydroxylation is 1. The maximum absolute atomic E-state index is 10.7. The van der Waals surface area contributed by atoms with Gasteiger partial charge in [0.15, 0.2) is 0 Å². The fourth-order valence-corrected chi connectivity index (χ4v) is 1.41. The van der Waals surface area contributed by atoms with Crippen LogP contribution in [0.5, 0.6) is 0 Å². The molecule has 0 fully saturated rings. The van der Waals surface area contributed by atoms with Crippen LogP contribution in [0.25, 0.3) is 0 Å². The van der Waals surface area contributed by atoms with Crippen molar-refractivity contribution in [2.24, 2.45) is 0 Å². The van der Waals surface area contributed by atoms with Crippen LogP contribution in [0.3, 0.4) is 0 Å². The Morgan fingerprint density at radius 3 is 2.40 bits per heavy atom. The Morgan fingerprint density at radius 2 is 1.87 bits per heavy atom. The van der Waals surface area contributed by atoms with Crippen molar-refractivity contribution in [3.63, 3.8) is 0 Å². The molecule has 0 bridgehead atoms. The number of anilines is 1. The van der Waals surface area contributed by atoms with Crippen LogP contribution in [0, 0.1) is 20.8 Å². The Hall–Kier alpha value is -1.51. The van der Waals surface area contributed by atoms with Crippen molar-refractivity contribution < 1.29 is 9.90 Å². The first-order chi connectivity index (χ1) is 6.93. The summed E-state index contributed by atoms with van der Waals surface area (Å²) in [5.74, 6) is -0.840. The molecule has 0 saturated carbocycles. The predicted molar refractivity (Wildman–Crippen MR) is 61.4 cm³/mol. The molecule has 0 aliphatic rings. The summed E-state index contributed by atoms with van der Waals surface area (Å²) < 4.78 is 0. The molecule has 3 nitrogen and oxygen atoms in total. The monoisotopic (exact) mass is 207 g/mol. The first kappa shape index (κ1) is 11.6. The zero-order valence-electron chi connectivity index (χ0n) is 9.59. The SMILES string of the molecule is Cc1ccc(N[C@H](C)C(=O)O)c(C)c1C. The first-order valence-electron chi connectivity index (χ1n) is 4.99. The van der Waals surface area contributed by atoms with Crippen molar-refractivity contribution in [2.45, 2.75) is 33.7 Å². The summed E-state index contributed by atoms with van der Waals surface area (Å²) in [6.07, 6.45) is 0. The molecule has 0 unspecified atom stereocenters. The largest absolute Gasteiger partial charge is 0.480 e. The smallest absolute Gasteiger partial charge is 0.325 e. The van der Waals surface area contributed by atoms with E-state index in [0.717, 1.165) is 11.3 Å². The molecule has 1 aromatic rings. The van der Waals surface area contributed by atoms with Gasteiger partial charge in [-0.1, -0.05) is 6.07 Å². The van der Waals surface area contributed by atoms with Gasteiger partial charge in [-0.25, -0.2) is 0 Å². The molecular formula is C12H17NO2. The molecule has 0 radical (unpaired) electrons. The van der Waals surface area contributed by atoms with Crippen molar-refractivity contribution in [2.75, 3.05) is 5.32 Å². The van der Waals surface area contributed by atoms with E-state index >= 15 is 0 Å². The zero-order chi connectivity index (χ0) is 11.6. The van der Waals surface area contributed by atoms with Gasteiger partial charge in [0, 0.05) is 5.69 Å². The van der Waals surface area contributed by atoms with Gasteiger partial charge in [0.25, 0.3) is 0 Å². The Morgan fingerprint density at radius 1 is 1.27 bits per heavy atom. The molecule has 0 amide bonds. The lowest BCUT2D eigenvalue weighted by Gasteiger charge is -2.15. The Balaban J connectivity index is 2.97. The zero-order valence-corrected chi connectivity index (χ0v) is 9.59. The van der Waals surface area contributed by atoms with Gasteiger partial charge in [-0.2, -0.15) is 0 Å². The summed E-state index contributed by atoms with van der Waals surface area (Å²) in [4.78, 5) is 10.7. The number of aliphatic carboxylic acids is 1. The van der Waals surface area contributed by atoms with Crippen molar-refractivity contribution in [3.05, 3.63) is 28.8 Å². The molecule has 2 N–H and O–H groups in total. The second-order valence-electron chi connectivity index (χ2n) is 3.88. The molecule has 3 heteroatoms. The van der Waals surface area contributed by atoms with Crippen LogP contribution in [-0.2, 0) is 4.79 Å². The summed E-state index contributed by atoms with van der Waals surface area (Å²) in [7, 11) is 0. The second-order valence-corrected chi connectivity index (χ2v) is 3.88. The van der Waals surface area contributed by atoms with Gasteiger partial charge < -0.3 is 10.4 Å². The van der Waals surface area contributed by atoms with Gasteiger partial charge >= 0.3 is 5.97 Å². The summed E-state index contributed by atoms with van der Waals surface area (Å²) in [6, 6.07) is 3.36. The van der Waals surface area contributed by atoms with Gasteiger partial charge in [0.05, 0.1) is 0 Å². The highest BCUT2D eigenvalue weighted by Crippen LogP contribution is 2.22. The molecule has 15 heavy (non-hydrogen) atoms. The average molecular weight is 207 g/mol. The van der Waals surface area contributed by atoms with E-state index in [4.69, 9.17) is 5.11 Å². The minimum Gasteiger partial charge on any atom is -0.480 e. The van der Waals surface area contributed by atoms with Crippen LogP contribution in [0.15, 0.2) is 12.1 Å². The number of carbonyl (C=O) groups is 1. The molecule has 0 saturated heterocycles. The van der Waals surface area contributed by atoms with Gasteiger partial charge in [-0.15, -0.1) is 0 Å². The molecule has 0 spiro atoms. The number of benzene rings is 1. The molecular weight excluding hydrogens is 190 g/mol. The molecule has 0 heterocycles. The summed E-state index contributed by atoms with van der Waals surface area (Å²) in [5.41, 5.74) is 4.44. The van der Waals surface area contributed by atoms with Gasteiger partial charge in [-0.05, 0) is 50.5 Å².